The largest absolute Gasteiger partial charge is 0.445 e. The summed E-state index contributed by atoms with van der Waals surface area (Å²) in [5.41, 5.74) is 6.89. The van der Waals surface area contributed by atoms with Gasteiger partial charge in [-0.2, -0.15) is 0 Å². The van der Waals surface area contributed by atoms with Crippen molar-refractivity contribution >= 4 is 30.1 Å². The number of rotatable bonds is 13. The molecule has 3 aromatic rings. The normalized spacial score (nSPS) is 12.0. The SMILES string of the molecule is CC(C)(C)OC(=O)NCCNC(=O)[C@@H](N)c1ccccc1.CC(C)(C)OC(=O)NCCNC(=O)[C@@H](NC(=O)OCc1ccccc1)c1ccccc1. The minimum atomic E-state index is -0.939. The van der Waals surface area contributed by atoms with E-state index in [2.05, 4.69) is 26.6 Å². The van der Waals surface area contributed by atoms with Crippen molar-refractivity contribution in [1.82, 2.24) is 26.6 Å². The van der Waals surface area contributed by atoms with Crippen LogP contribution in [0.1, 0.15) is 70.3 Å². The lowest BCUT2D eigenvalue weighted by Gasteiger charge is -2.20. The van der Waals surface area contributed by atoms with Crippen LogP contribution in [0, 0.1) is 0 Å². The zero-order valence-electron chi connectivity index (χ0n) is 30.7. The summed E-state index contributed by atoms with van der Waals surface area (Å²) >= 11 is 0. The molecule has 0 saturated heterocycles. The highest BCUT2D eigenvalue weighted by Gasteiger charge is 2.23. The molecule has 3 aromatic carbocycles. The summed E-state index contributed by atoms with van der Waals surface area (Å²) in [7, 11) is 0. The fourth-order valence-electron chi connectivity index (χ4n) is 4.18. The standard InChI is InChI=1S/C23H29N3O5.C15H23N3O3/c1-23(2,3)31-21(28)25-15-14-24-20(27)19(18-12-8-5-9-13-18)26-22(29)30-16-17-10-6-4-7-11-17;1-15(2,3)21-14(20)18-10-9-17-13(19)12(16)11-7-5-4-6-8-11/h4-13,19H,14-16H2,1-3H3,(H,24,27)(H,25,28)(H,26,29);4-8,12H,9-10,16H2,1-3H3,(H,17,19)(H,18,20)/t19-;12-/m00/s1. The molecule has 0 radical (unpaired) electrons. The van der Waals surface area contributed by atoms with Crippen LogP contribution in [0.25, 0.3) is 0 Å². The van der Waals surface area contributed by atoms with Crippen LogP contribution in [-0.4, -0.2) is 67.5 Å². The lowest BCUT2D eigenvalue weighted by atomic mass is 10.1. The maximum absolute atomic E-state index is 12.7. The van der Waals surface area contributed by atoms with E-state index in [1.807, 2.05) is 54.6 Å². The lowest BCUT2D eigenvalue weighted by molar-refractivity contribution is -0.123. The number of amides is 5. The molecule has 2 atom stereocenters. The van der Waals surface area contributed by atoms with Crippen LogP contribution in [0.15, 0.2) is 91.0 Å². The van der Waals surface area contributed by atoms with E-state index in [4.69, 9.17) is 19.9 Å². The topological polar surface area (TPSA) is 199 Å². The van der Waals surface area contributed by atoms with Gasteiger partial charge in [0.2, 0.25) is 11.8 Å². The zero-order valence-corrected chi connectivity index (χ0v) is 30.7. The Morgan fingerprint density at radius 2 is 0.962 bits per heavy atom. The Bertz CT molecular complexity index is 1540. The maximum atomic E-state index is 12.7. The third-order valence-corrected chi connectivity index (χ3v) is 6.50. The van der Waals surface area contributed by atoms with Gasteiger partial charge in [0.1, 0.15) is 29.9 Å². The molecule has 0 aliphatic heterocycles. The molecule has 0 saturated carbocycles. The Hall–Kier alpha value is -5.63. The highest BCUT2D eigenvalue weighted by atomic mass is 16.6. The van der Waals surface area contributed by atoms with E-state index in [0.717, 1.165) is 11.1 Å². The second-order valence-electron chi connectivity index (χ2n) is 13.4. The van der Waals surface area contributed by atoms with E-state index in [1.165, 1.54) is 0 Å². The van der Waals surface area contributed by atoms with Crippen molar-refractivity contribution in [3.05, 3.63) is 108 Å². The minimum absolute atomic E-state index is 0.0929. The number of benzene rings is 3. The average Bonchev–Trinajstić information content (AvgIpc) is 3.09. The first-order valence-electron chi connectivity index (χ1n) is 16.9. The number of hydrogen-bond donors (Lipinski definition) is 6. The van der Waals surface area contributed by atoms with Gasteiger partial charge < -0.3 is 46.5 Å². The summed E-state index contributed by atoms with van der Waals surface area (Å²) in [4.78, 5) is 59.9. The van der Waals surface area contributed by atoms with Crippen LogP contribution in [0.2, 0.25) is 0 Å². The van der Waals surface area contributed by atoms with Gasteiger partial charge in [0.25, 0.3) is 0 Å². The van der Waals surface area contributed by atoms with Crippen molar-refractivity contribution in [3.63, 3.8) is 0 Å². The van der Waals surface area contributed by atoms with Crippen molar-refractivity contribution in [2.45, 2.75) is 71.4 Å². The molecule has 0 fully saturated rings. The molecule has 0 aliphatic carbocycles. The molecular formula is C38H52N6O8. The number of hydrogen-bond acceptors (Lipinski definition) is 9. The van der Waals surface area contributed by atoms with Gasteiger partial charge in [0.15, 0.2) is 0 Å². The summed E-state index contributed by atoms with van der Waals surface area (Å²) in [6, 6.07) is 25.5. The van der Waals surface area contributed by atoms with E-state index >= 15 is 0 Å². The molecule has 0 spiro atoms. The first-order valence-corrected chi connectivity index (χ1v) is 16.9. The summed E-state index contributed by atoms with van der Waals surface area (Å²) in [6.45, 7) is 11.7. The molecule has 0 aromatic heterocycles. The second-order valence-corrected chi connectivity index (χ2v) is 13.4. The molecule has 7 N–H and O–H groups in total. The molecule has 52 heavy (non-hydrogen) atoms. The highest BCUT2D eigenvalue weighted by molar-refractivity contribution is 5.87. The Morgan fingerprint density at radius 3 is 1.42 bits per heavy atom. The van der Waals surface area contributed by atoms with Gasteiger partial charge in [-0.05, 0) is 58.2 Å². The van der Waals surface area contributed by atoms with Crippen molar-refractivity contribution in [1.29, 1.82) is 0 Å². The van der Waals surface area contributed by atoms with Crippen molar-refractivity contribution in [3.8, 4) is 0 Å². The van der Waals surface area contributed by atoms with Crippen molar-refractivity contribution in [2.24, 2.45) is 5.73 Å². The molecule has 5 amide bonds. The van der Waals surface area contributed by atoms with E-state index in [1.54, 1.807) is 77.9 Å². The Kier molecular flexibility index (Phi) is 17.6. The molecule has 14 nitrogen and oxygen atoms in total. The predicted octanol–water partition coefficient (Wildman–Crippen LogP) is 4.62. The first kappa shape index (κ1) is 42.5. The van der Waals surface area contributed by atoms with Crippen molar-refractivity contribution < 1.29 is 38.2 Å². The highest BCUT2D eigenvalue weighted by Crippen LogP contribution is 2.14. The zero-order chi connectivity index (χ0) is 38.6. The van der Waals surface area contributed by atoms with Crippen LogP contribution in [0.5, 0.6) is 0 Å². The molecular weight excluding hydrogens is 668 g/mol. The van der Waals surface area contributed by atoms with Crippen LogP contribution < -0.4 is 32.3 Å². The quantitative estimate of drug-likeness (QED) is 0.108. The van der Waals surface area contributed by atoms with Crippen LogP contribution in [0.4, 0.5) is 14.4 Å². The molecule has 282 valence electrons. The van der Waals surface area contributed by atoms with Crippen molar-refractivity contribution in [2.75, 3.05) is 26.2 Å². The summed E-state index contributed by atoms with van der Waals surface area (Å²) < 4.78 is 15.4. The maximum Gasteiger partial charge on any atom is 0.408 e. The number of carbonyl (C=O) groups excluding carboxylic acids is 5. The van der Waals surface area contributed by atoms with Gasteiger partial charge in [-0.1, -0.05) is 91.0 Å². The van der Waals surface area contributed by atoms with Gasteiger partial charge in [0.05, 0.1) is 0 Å². The van der Waals surface area contributed by atoms with E-state index in [9.17, 15) is 24.0 Å². The first-order chi connectivity index (χ1) is 24.5. The number of nitrogens with two attached hydrogens (primary N) is 1. The predicted molar refractivity (Wildman–Crippen MR) is 197 cm³/mol. The molecule has 0 unspecified atom stereocenters. The van der Waals surface area contributed by atoms with Crippen LogP contribution >= 0.6 is 0 Å². The molecule has 0 heterocycles. The Labute approximate surface area is 305 Å². The average molecular weight is 721 g/mol. The third kappa shape index (κ3) is 18.4. The monoisotopic (exact) mass is 720 g/mol. The van der Waals surface area contributed by atoms with Gasteiger partial charge >= 0.3 is 18.3 Å². The summed E-state index contributed by atoms with van der Waals surface area (Å²) in [6.07, 6.45) is -1.78. The Morgan fingerprint density at radius 1 is 0.558 bits per heavy atom. The van der Waals surface area contributed by atoms with Gasteiger partial charge in [-0.15, -0.1) is 0 Å². The molecule has 0 bridgehead atoms. The summed E-state index contributed by atoms with van der Waals surface area (Å²) in [5.74, 6) is -0.707. The fourth-order valence-corrected chi connectivity index (χ4v) is 4.18. The fraction of sp³-hybridized carbons (Fsp3) is 0.395. The minimum Gasteiger partial charge on any atom is -0.445 e. The number of nitrogens with one attached hydrogen (secondary N) is 5. The number of alkyl carbamates (subject to hydrolysis) is 3. The number of ether oxygens (including phenoxy) is 3. The molecule has 3 rings (SSSR count). The van der Waals surface area contributed by atoms with E-state index in [0.29, 0.717) is 12.1 Å². The third-order valence-electron chi connectivity index (χ3n) is 6.50. The van der Waals surface area contributed by atoms with Gasteiger partial charge in [-0.3, -0.25) is 9.59 Å². The lowest BCUT2D eigenvalue weighted by Crippen LogP contribution is -2.43. The molecule has 0 aliphatic rings. The number of carbonyl (C=O) groups is 5. The molecule has 14 heteroatoms. The second kappa shape index (κ2) is 21.6. The smallest absolute Gasteiger partial charge is 0.408 e. The van der Waals surface area contributed by atoms with Crippen LogP contribution in [0.3, 0.4) is 0 Å². The van der Waals surface area contributed by atoms with E-state index in [-0.39, 0.29) is 32.1 Å². The van der Waals surface area contributed by atoms with Crippen LogP contribution in [-0.2, 0) is 30.4 Å². The van der Waals surface area contributed by atoms with Gasteiger partial charge in [-0.25, -0.2) is 14.4 Å². The Balaban J connectivity index is 0.000000389. The summed E-state index contributed by atoms with van der Waals surface area (Å²) in [5, 5.41) is 13.1. The van der Waals surface area contributed by atoms with Gasteiger partial charge in [0, 0.05) is 26.2 Å². The van der Waals surface area contributed by atoms with E-state index < -0.39 is 47.5 Å².